The molecule has 0 bridgehead atoms. The smallest absolute Gasteiger partial charge is 0.295 e. The molecule has 1 atom stereocenters. The molecular formula is C26H29FN2O6S. The summed E-state index contributed by atoms with van der Waals surface area (Å²) in [5.41, 5.74) is -0.00190. The van der Waals surface area contributed by atoms with Crippen LogP contribution in [0.15, 0.2) is 59.0 Å². The highest BCUT2D eigenvalue weighted by Gasteiger charge is 2.46. The summed E-state index contributed by atoms with van der Waals surface area (Å²) in [4.78, 5) is 27.2. The first-order chi connectivity index (χ1) is 17.3. The summed E-state index contributed by atoms with van der Waals surface area (Å²) in [7, 11) is -2.17. The fraction of sp³-hybridized carbons (Fsp3) is 0.385. The van der Waals surface area contributed by atoms with Crippen LogP contribution >= 0.6 is 0 Å². The number of ether oxygens (including phenoxy) is 1. The van der Waals surface area contributed by atoms with Crippen molar-refractivity contribution in [1.82, 2.24) is 9.21 Å². The van der Waals surface area contributed by atoms with Gasteiger partial charge in [-0.15, -0.1) is 0 Å². The Bertz CT molecular complexity index is 1270. The summed E-state index contributed by atoms with van der Waals surface area (Å²) >= 11 is 0. The molecule has 2 saturated heterocycles. The number of aliphatic hydroxyl groups is 1. The molecule has 4 rings (SSSR count). The van der Waals surface area contributed by atoms with Crippen molar-refractivity contribution >= 4 is 27.5 Å². The molecule has 2 aromatic carbocycles. The van der Waals surface area contributed by atoms with Gasteiger partial charge in [0.15, 0.2) is 0 Å². The first kappa shape index (κ1) is 26.0. The van der Waals surface area contributed by atoms with Crippen molar-refractivity contribution in [3.05, 3.63) is 71.0 Å². The molecule has 0 aromatic heterocycles. The Morgan fingerprint density at radius 1 is 1.06 bits per heavy atom. The lowest BCUT2D eigenvalue weighted by molar-refractivity contribution is -0.140. The molecule has 2 aliphatic heterocycles. The van der Waals surface area contributed by atoms with Crippen molar-refractivity contribution in [2.45, 2.75) is 36.6 Å². The Hall–Kier alpha value is -3.08. The van der Waals surface area contributed by atoms with E-state index < -0.39 is 39.3 Å². The quantitative estimate of drug-likeness (QED) is 0.249. The molecule has 1 amide bonds. The molecule has 0 radical (unpaired) electrons. The van der Waals surface area contributed by atoms with Gasteiger partial charge in [0.1, 0.15) is 11.6 Å². The topological polar surface area (TPSA) is 104 Å². The molecule has 36 heavy (non-hydrogen) atoms. The van der Waals surface area contributed by atoms with E-state index in [-0.39, 0.29) is 28.1 Å². The van der Waals surface area contributed by atoms with Crippen molar-refractivity contribution in [1.29, 1.82) is 0 Å². The number of amides is 1. The van der Waals surface area contributed by atoms with Crippen LogP contribution in [0.4, 0.5) is 4.39 Å². The highest BCUT2D eigenvalue weighted by Crippen LogP contribution is 2.40. The number of hydrogen-bond acceptors (Lipinski definition) is 6. The third kappa shape index (κ3) is 4.93. The fourth-order valence-corrected chi connectivity index (χ4v) is 6.22. The standard InChI is InChI=1S/C26H29FN2O6S/c1-35-17-7-16-29-23(20-8-3-4-9-21(20)27)22(25(31)26(29)32)24(30)18-10-12-19(13-11-18)36(33,34)28-14-5-2-6-15-28/h3-4,8-13,23,30H,2,5-7,14-17H2,1H3/t23-/m1/s1. The first-order valence-electron chi connectivity index (χ1n) is 11.9. The summed E-state index contributed by atoms with van der Waals surface area (Å²) in [6, 6.07) is 10.2. The van der Waals surface area contributed by atoms with Crippen LogP contribution < -0.4 is 0 Å². The second-order valence-corrected chi connectivity index (χ2v) is 10.8. The number of nitrogens with zero attached hydrogens (tertiary/aromatic N) is 2. The second kappa shape index (κ2) is 10.9. The van der Waals surface area contributed by atoms with Crippen LogP contribution in [0.5, 0.6) is 0 Å². The predicted molar refractivity (Wildman–Crippen MR) is 131 cm³/mol. The fourth-order valence-electron chi connectivity index (χ4n) is 4.70. The summed E-state index contributed by atoms with van der Waals surface area (Å²) in [5.74, 6) is -2.87. The van der Waals surface area contributed by atoms with E-state index in [2.05, 4.69) is 0 Å². The van der Waals surface area contributed by atoms with E-state index in [1.807, 2.05) is 0 Å². The van der Waals surface area contributed by atoms with Crippen LogP contribution in [0, 0.1) is 5.82 Å². The van der Waals surface area contributed by atoms with Gasteiger partial charge in [-0.05, 0) is 49.6 Å². The van der Waals surface area contributed by atoms with Crippen LogP contribution in [0.2, 0.25) is 0 Å². The van der Waals surface area contributed by atoms with Gasteiger partial charge in [-0.3, -0.25) is 9.59 Å². The third-order valence-electron chi connectivity index (χ3n) is 6.57. The largest absolute Gasteiger partial charge is 0.507 e. The van der Waals surface area contributed by atoms with E-state index in [1.165, 1.54) is 58.8 Å². The Balaban J connectivity index is 1.73. The number of methoxy groups -OCH3 is 1. The van der Waals surface area contributed by atoms with Crippen LogP contribution in [-0.4, -0.2) is 67.8 Å². The molecule has 0 aliphatic carbocycles. The second-order valence-electron chi connectivity index (χ2n) is 8.85. The van der Waals surface area contributed by atoms with Crippen LogP contribution in [0.3, 0.4) is 0 Å². The maximum absolute atomic E-state index is 14.8. The Kier molecular flexibility index (Phi) is 7.87. The average Bonchev–Trinajstić information content (AvgIpc) is 3.14. The molecule has 2 fully saturated rings. The van der Waals surface area contributed by atoms with Gasteiger partial charge >= 0.3 is 0 Å². The van der Waals surface area contributed by atoms with E-state index in [4.69, 9.17) is 4.74 Å². The van der Waals surface area contributed by atoms with Gasteiger partial charge < -0.3 is 14.7 Å². The van der Waals surface area contributed by atoms with Crippen LogP contribution in [0.25, 0.3) is 5.76 Å². The lowest BCUT2D eigenvalue weighted by atomic mass is 9.95. The number of sulfonamides is 1. The van der Waals surface area contributed by atoms with Crippen LogP contribution in [0.1, 0.15) is 42.9 Å². The molecule has 2 heterocycles. The van der Waals surface area contributed by atoms with Gasteiger partial charge in [-0.25, -0.2) is 12.8 Å². The average molecular weight is 517 g/mol. The molecule has 0 unspecified atom stereocenters. The lowest BCUT2D eigenvalue weighted by Crippen LogP contribution is -2.35. The van der Waals surface area contributed by atoms with Crippen molar-refractivity contribution < 1.29 is 32.2 Å². The number of hydrogen-bond donors (Lipinski definition) is 1. The number of halogens is 1. The van der Waals surface area contributed by atoms with E-state index in [0.717, 1.165) is 19.3 Å². The zero-order valence-electron chi connectivity index (χ0n) is 20.0. The normalized spacial score (nSPS) is 20.7. The Morgan fingerprint density at radius 2 is 1.72 bits per heavy atom. The van der Waals surface area contributed by atoms with E-state index in [1.54, 1.807) is 6.07 Å². The zero-order chi connectivity index (χ0) is 25.9. The molecule has 0 spiro atoms. The minimum atomic E-state index is -3.68. The molecule has 192 valence electrons. The number of carbonyl (C=O) groups is 2. The molecule has 2 aliphatic rings. The zero-order valence-corrected chi connectivity index (χ0v) is 20.8. The van der Waals surface area contributed by atoms with Crippen molar-refractivity contribution in [2.75, 3.05) is 33.4 Å². The van der Waals surface area contributed by atoms with Crippen molar-refractivity contribution in [3.63, 3.8) is 0 Å². The van der Waals surface area contributed by atoms with E-state index >= 15 is 0 Å². The molecule has 0 saturated carbocycles. The molecular weight excluding hydrogens is 487 g/mol. The SMILES string of the molecule is COCCCN1C(=O)C(=O)C(=C(O)c2ccc(S(=O)(=O)N3CCCCC3)cc2)[C@H]1c1ccccc1F. The monoisotopic (exact) mass is 516 g/mol. The summed E-state index contributed by atoms with van der Waals surface area (Å²) in [5, 5.41) is 11.1. The number of rotatable bonds is 8. The highest BCUT2D eigenvalue weighted by molar-refractivity contribution is 7.89. The Morgan fingerprint density at radius 3 is 2.36 bits per heavy atom. The minimum absolute atomic E-state index is 0.0756. The number of piperidine rings is 1. The van der Waals surface area contributed by atoms with Gasteiger partial charge in [-0.1, -0.05) is 24.6 Å². The van der Waals surface area contributed by atoms with Gasteiger partial charge in [0, 0.05) is 44.5 Å². The maximum atomic E-state index is 14.8. The molecule has 2 aromatic rings. The van der Waals surface area contributed by atoms with Gasteiger partial charge in [-0.2, -0.15) is 4.31 Å². The maximum Gasteiger partial charge on any atom is 0.295 e. The van der Waals surface area contributed by atoms with E-state index in [9.17, 15) is 27.5 Å². The predicted octanol–water partition coefficient (Wildman–Crippen LogP) is 3.46. The third-order valence-corrected chi connectivity index (χ3v) is 8.48. The van der Waals surface area contributed by atoms with Gasteiger partial charge in [0.2, 0.25) is 10.0 Å². The summed E-state index contributed by atoms with van der Waals surface area (Å²) in [6.07, 6.45) is 3.01. The first-order valence-corrected chi connectivity index (χ1v) is 13.3. The lowest BCUT2D eigenvalue weighted by Gasteiger charge is -2.26. The number of benzene rings is 2. The Labute approximate surface area is 210 Å². The van der Waals surface area contributed by atoms with Crippen molar-refractivity contribution in [2.24, 2.45) is 0 Å². The number of aliphatic hydroxyl groups excluding tert-OH is 1. The number of likely N-dealkylation sites (tertiary alicyclic amines) is 1. The molecule has 8 nitrogen and oxygen atoms in total. The number of carbonyl (C=O) groups excluding carboxylic acids is 2. The van der Waals surface area contributed by atoms with Gasteiger partial charge in [0.05, 0.1) is 16.5 Å². The summed E-state index contributed by atoms with van der Waals surface area (Å²) < 4.78 is 47.2. The minimum Gasteiger partial charge on any atom is -0.507 e. The number of ketones is 1. The van der Waals surface area contributed by atoms with Gasteiger partial charge in [0.25, 0.3) is 11.7 Å². The van der Waals surface area contributed by atoms with E-state index in [0.29, 0.717) is 26.1 Å². The number of Topliss-reactive ketones (excluding diaryl/α,β-unsaturated/α-hetero) is 1. The molecule has 10 heteroatoms. The molecule has 1 N–H and O–H groups in total. The van der Waals surface area contributed by atoms with Crippen molar-refractivity contribution in [3.8, 4) is 0 Å². The summed E-state index contributed by atoms with van der Waals surface area (Å²) in [6.45, 7) is 1.37. The highest BCUT2D eigenvalue weighted by atomic mass is 32.2. The van der Waals surface area contributed by atoms with Crippen LogP contribution in [-0.2, 0) is 24.3 Å².